The van der Waals surface area contributed by atoms with Crippen LogP contribution in [0.2, 0.25) is 0 Å². The molecular formula is C15H20F3N5O. The van der Waals surface area contributed by atoms with E-state index in [1.807, 2.05) is 4.90 Å². The van der Waals surface area contributed by atoms with Crippen molar-refractivity contribution in [2.24, 2.45) is 15.7 Å². The molecule has 6 nitrogen and oxygen atoms in total. The number of nitrogens with two attached hydrogens (primary N) is 1. The van der Waals surface area contributed by atoms with E-state index >= 15 is 0 Å². The Kier molecular flexibility index (Phi) is 5.53. The number of hydrogen-bond donors (Lipinski definition) is 1. The fourth-order valence-electron chi connectivity index (χ4n) is 2.38. The largest absolute Gasteiger partial charge is 0.573 e. The molecule has 1 saturated heterocycles. The Balaban J connectivity index is 2.10. The zero-order valence-electron chi connectivity index (χ0n) is 13.5. The van der Waals surface area contributed by atoms with Gasteiger partial charge in [0.1, 0.15) is 5.75 Å². The van der Waals surface area contributed by atoms with Crippen molar-refractivity contribution in [1.29, 1.82) is 0 Å². The van der Waals surface area contributed by atoms with Gasteiger partial charge in [-0.1, -0.05) is 0 Å². The predicted octanol–water partition coefficient (Wildman–Crippen LogP) is 2.42. The second-order valence-electron chi connectivity index (χ2n) is 5.29. The molecule has 0 saturated carbocycles. The first-order valence-electron chi connectivity index (χ1n) is 7.45. The standard InChI is InChI=1S/C15H20F3N5O/c1-20-14(21-13(19)23-9-3-4-10-23)22(2)11-5-7-12(8-6-11)24-15(16,17)18/h5-8H,3-4,9-10H2,1-2H3,(H2,19,20,21). The van der Waals surface area contributed by atoms with E-state index in [0.29, 0.717) is 17.6 Å². The molecule has 0 aromatic heterocycles. The smallest absolute Gasteiger partial charge is 0.406 e. The van der Waals surface area contributed by atoms with Crippen molar-refractivity contribution >= 4 is 17.6 Å². The molecule has 1 heterocycles. The zero-order valence-corrected chi connectivity index (χ0v) is 13.5. The first-order valence-corrected chi connectivity index (χ1v) is 7.45. The fourth-order valence-corrected chi connectivity index (χ4v) is 2.38. The van der Waals surface area contributed by atoms with E-state index in [0.717, 1.165) is 25.9 Å². The van der Waals surface area contributed by atoms with Crippen molar-refractivity contribution in [1.82, 2.24) is 4.90 Å². The third-order valence-corrected chi connectivity index (χ3v) is 3.60. The summed E-state index contributed by atoms with van der Waals surface area (Å²) in [5, 5.41) is 0. The van der Waals surface area contributed by atoms with E-state index in [1.165, 1.54) is 24.3 Å². The van der Waals surface area contributed by atoms with Crippen LogP contribution in [0.4, 0.5) is 18.9 Å². The molecule has 0 amide bonds. The predicted molar refractivity (Wildman–Crippen MR) is 87.3 cm³/mol. The molecule has 0 aliphatic carbocycles. The van der Waals surface area contributed by atoms with Gasteiger partial charge in [-0.2, -0.15) is 4.99 Å². The summed E-state index contributed by atoms with van der Waals surface area (Å²) in [6, 6.07) is 5.46. The molecule has 132 valence electrons. The van der Waals surface area contributed by atoms with Gasteiger partial charge in [0, 0.05) is 32.9 Å². The van der Waals surface area contributed by atoms with Crippen LogP contribution in [0, 0.1) is 0 Å². The number of benzene rings is 1. The van der Waals surface area contributed by atoms with Gasteiger partial charge in [0.2, 0.25) is 5.96 Å². The molecule has 0 spiro atoms. The molecule has 1 fully saturated rings. The van der Waals surface area contributed by atoms with E-state index in [4.69, 9.17) is 5.73 Å². The molecule has 0 radical (unpaired) electrons. The maximum absolute atomic E-state index is 12.2. The lowest BCUT2D eigenvalue weighted by Crippen LogP contribution is -2.37. The van der Waals surface area contributed by atoms with Crippen LogP contribution in [-0.4, -0.2) is 50.4 Å². The Morgan fingerprint density at radius 3 is 2.29 bits per heavy atom. The number of ether oxygens (including phenoxy) is 1. The lowest BCUT2D eigenvalue weighted by atomic mass is 10.3. The Labute approximate surface area is 138 Å². The van der Waals surface area contributed by atoms with Gasteiger partial charge in [0.25, 0.3) is 0 Å². The van der Waals surface area contributed by atoms with Gasteiger partial charge in [-0.3, -0.25) is 4.99 Å². The highest BCUT2D eigenvalue weighted by Crippen LogP contribution is 2.25. The van der Waals surface area contributed by atoms with Crippen LogP contribution in [0.5, 0.6) is 5.75 Å². The summed E-state index contributed by atoms with van der Waals surface area (Å²) in [6.07, 6.45) is -2.56. The van der Waals surface area contributed by atoms with Crippen LogP contribution < -0.4 is 15.4 Å². The molecule has 2 N–H and O–H groups in total. The quantitative estimate of drug-likeness (QED) is 0.662. The first-order chi connectivity index (χ1) is 11.3. The van der Waals surface area contributed by atoms with Crippen LogP contribution in [0.3, 0.4) is 0 Å². The van der Waals surface area contributed by atoms with E-state index in [2.05, 4.69) is 14.7 Å². The molecule has 9 heteroatoms. The number of guanidine groups is 2. The lowest BCUT2D eigenvalue weighted by Gasteiger charge is -2.21. The maximum atomic E-state index is 12.2. The van der Waals surface area contributed by atoms with Gasteiger partial charge in [0.05, 0.1) is 0 Å². The molecular weight excluding hydrogens is 323 g/mol. The van der Waals surface area contributed by atoms with E-state index in [-0.39, 0.29) is 5.75 Å². The first kappa shape index (κ1) is 17.9. The fraction of sp³-hybridized carbons (Fsp3) is 0.467. The lowest BCUT2D eigenvalue weighted by molar-refractivity contribution is -0.274. The molecule has 2 rings (SSSR count). The Morgan fingerprint density at radius 2 is 1.79 bits per heavy atom. The van der Waals surface area contributed by atoms with Crippen molar-refractivity contribution in [2.75, 3.05) is 32.1 Å². The highest BCUT2D eigenvalue weighted by atomic mass is 19.4. The summed E-state index contributed by atoms with van der Waals surface area (Å²) in [5.74, 6) is 0.468. The normalized spacial score (nSPS) is 16.5. The second-order valence-corrected chi connectivity index (χ2v) is 5.29. The molecule has 1 aliphatic heterocycles. The molecule has 0 bridgehead atoms. The Bertz CT molecular complexity index is 607. The van der Waals surface area contributed by atoms with Crippen LogP contribution in [-0.2, 0) is 0 Å². The minimum absolute atomic E-state index is 0.283. The third kappa shape index (κ3) is 4.77. The summed E-state index contributed by atoms with van der Waals surface area (Å²) in [7, 11) is 3.29. The molecule has 0 atom stereocenters. The van der Waals surface area contributed by atoms with Crippen LogP contribution in [0.1, 0.15) is 12.8 Å². The van der Waals surface area contributed by atoms with Crippen molar-refractivity contribution in [3.63, 3.8) is 0 Å². The Morgan fingerprint density at radius 1 is 1.21 bits per heavy atom. The number of nitrogens with zero attached hydrogens (tertiary/aromatic N) is 4. The average molecular weight is 343 g/mol. The second kappa shape index (κ2) is 7.41. The number of halogens is 3. The van der Waals surface area contributed by atoms with Gasteiger partial charge >= 0.3 is 6.36 Å². The highest BCUT2D eigenvalue weighted by Gasteiger charge is 2.31. The van der Waals surface area contributed by atoms with Crippen molar-refractivity contribution in [3.05, 3.63) is 24.3 Å². The molecule has 24 heavy (non-hydrogen) atoms. The summed E-state index contributed by atoms with van der Waals surface area (Å²) in [6.45, 7) is 1.72. The molecule has 0 unspecified atom stereocenters. The van der Waals surface area contributed by atoms with Gasteiger partial charge < -0.3 is 20.3 Å². The maximum Gasteiger partial charge on any atom is 0.573 e. The minimum atomic E-state index is -4.71. The summed E-state index contributed by atoms with van der Waals surface area (Å²) >= 11 is 0. The van der Waals surface area contributed by atoms with Crippen molar-refractivity contribution in [2.45, 2.75) is 19.2 Å². The zero-order chi connectivity index (χ0) is 17.7. The Hall–Kier alpha value is -2.45. The summed E-state index contributed by atoms with van der Waals surface area (Å²) in [5.41, 5.74) is 6.60. The van der Waals surface area contributed by atoms with E-state index in [1.54, 1.807) is 19.0 Å². The number of anilines is 1. The van der Waals surface area contributed by atoms with Crippen LogP contribution >= 0.6 is 0 Å². The molecule has 1 aromatic carbocycles. The van der Waals surface area contributed by atoms with Crippen molar-refractivity contribution in [3.8, 4) is 5.75 Å². The number of hydrogen-bond acceptors (Lipinski definition) is 2. The number of alkyl halides is 3. The van der Waals surface area contributed by atoms with Crippen LogP contribution in [0.25, 0.3) is 0 Å². The monoisotopic (exact) mass is 343 g/mol. The molecule has 1 aromatic rings. The number of rotatable bonds is 2. The number of likely N-dealkylation sites (tertiary alicyclic amines) is 1. The van der Waals surface area contributed by atoms with Gasteiger partial charge in [-0.05, 0) is 37.1 Å². The van der Waals surface area contributed by atoms with Crippen LogP contribution in [0.15, 0.2) is 34.3 Å². The highest BCUT2D eigenvalue weighted by molar-refractivity contribution is 6.03. The van der Waals surface area contributed by atoms with Gasteiger partial charge in [0.15, 0.2) is 5.96 Å². The summed E-state index contributed by atoms with van der Waals surface area (Å²) in [4.78, 5) is 12.0. The van der Waals surface area contributed by atoms with E-state index < -0.39 is 6.36 Å². The summed E-state index contributed by atoms with van der Waals surface area (Å²) < 4.78 is 40.4. The van der Waals surface area contributed by atoms with Gasteiger partial charge in [-0.25, -0.2) is 0 Å². The average Bonchev–Trinajstić information content (AvgIpc) is 3.05. The third-order valence-electron chi connectivity index (χ3n) is 3.60. The number of aliphatic imine (C=N–C) groups is 2. The van der Waals surface area contributed by atoms with Crippen molar-refractivity contribution < 1.29 is 17.9 Å². The SMILES string of the molecule is CN=C(N=C(N)N1CCCC1)N(C)c1ccc(OC(F)(F)F)cc1. The van der Waals surface area contributed by atoms with E-state index in [9.17, 15) is 13.2 Å². The van der Waals surface area contributed by atoms with Gasteiger partial charge in [-0.15, -0.1) is 13.2 Å². The minimum Gasteiger partial charge on any atom is -0.406 e. The molecule has 1 aliphatic rings. The topological polar surface area (TPSA) is 66.5 Å².